The average Bonchev–Trinajstić information content (AvgIpc) is 2.05. The molecule has 0 unspecified atom stereocenters. The van der Waals surface area contributed by atoms with Gasteiger partial charge < -0.3 is 11.5 Å². The second-order valence-electron chi connectivity index (χ2n) is 2.19. The number of para-hydroxylation sites is 1. The number of nitrogens with zero attached hydrogens (tertiary/aromatic N) is 1. The van der Waals surface area contributed by atoms with E-state index in [2.05, 4.69) is 0 Å². The molecule has 0 aliphatic carbocycles. The molecule has 0 aliphatic rings. The molecule has 1 aromatic carbocycles. The SMILES string of the molecule is N#Cc1cccc(CN)c1N. The van der Waals surface area contributed by atoms with Crippen LogP contribution in [0.1, 0.15) is 11.1 Å². The molecule has 0 atom stereocenters. The Hall–Kier alpha value is -1.53. The van der Waals surface area contributed by atoms with Crippen molar-refractivity contribution in [3.63, 3.8) is 0 Å². The summed E-state index contributed by atoms with van der Waals surface area (Å²) in [4.78, 5) is 0. The van der Waals surface area contributed by atoms with Crippen LogP contribution in [0.25, 0.3) is 0 Å². The van der Waals surface area contributed by atoms with Crippen molar-refractivity contribution in [1.29, 1.82) is 5.26 Å². The maximum absolute atomic E-state index is 8.57. The Morgan fingerprint density at radius 1 is 1.45 bits per heavy atom. The Labute approximate surface area is 65.2 Å². The van der Waals surface area contributed by atoms with Crippen LogP contribution in [-0.4, -0.2) is 0 Å². The minimum Gasteiger partial charge on any atom is -0.397 e. The van der Waals surface area contributed by atoms with E-state index in [0.717, 1.165) is 5.56 Å². The maximum Gasteiger partial charge on any atom is 0.101 e. The molecule has 3 heteroatoms. The lowest BCUT2D eigenvalue weighted by Crippen LogP contribution is -2.02. The molecule has 1 aromatic rings. The van der Waals surface area contributed by atoms with Gasteiger partial charge in [-0.15, -0.1) is 0 Å². The molecule has 0 bridgehead atoms. The summed E-state index contributed by atoms with van der Waals surface area (Å²) in [7, 11) is 0. The smallest absolute Gasteiger partial charge is 0.101 e. The Morgan fingerprint density at radius 2 is 2.18 bits per heavy atom. The molecular formula is C8H9N3. The van der Waals surface area contributed by atoms with E-state index in [1.807, 2.05) is 12.1 Å². The van der Waals surface area contributed by atoms with Gasteiger partial charge in [0.25, 0.3) is 0 Å². The Morgan fingerprint density at radius 3 is 2.73 bits per heavy atom. The first-order chi connectivity index (χ1) is 5.29. The van der Waals surface area contributed by atoms with E-state index in [4.69, 9.17) is 16.7 Å². The molecule has 0 aromatic heterocycles. The summed E-state index contributed by atoms with van der Waals surface area (Å²) < 4.78 is 0. The third-order valence-corrected chi connectivity index (χ3v) is 1.54. The molecule has 0 saturated carbocycles. The van der Waals surface area contributed by atoms with Crippen molar-refractivity contribution in [2.75, 3.05) is 5.73 Å². The number of nitriles is 1. The molecule has 0 heterocycles. The zero-order valence-electron chi connectivity index (χ0n) is 6.04. The van der Waals surface area contributed by atoms with Gasteiger partial charge in [-0.05, 0) is 11.6 Å². The molecule has 11 heavy (non-hydrogen) atoms. The van der Waals surface area contributed by atoms with Crippen LogP contribution < -0.4 is 11.5 Å². The minimum atomic E-state index is 0.376. The number of hydrogen-bond donors (Lipinski definition) is 2. The highest BCUT2D eigenvalue weighted by atomic mass is 14.6. The van der Waals surface area contributed by atoms with Crippen molar-refractivity contribution in [2.24, 2.45) is 5.73 Å². The lowest BCUT2D eigenvalue weighted by atomic mass is 10.1. The third kappa shape index (κ3) is 1.31. The van der Waals surface area contributed by atoms with Crippen LogP contribution in [0.15, 0.2) is 18.2 Å². The largest absolute Gasteiger partial charge is 0.397 e. The molecule has 0 saturated heterocycles. The summed E-state index contributed by atoms with van der Waals surface area (Å²) in [5.41, 5.74) is 12.8. The highest BCUT2D eigenvalue weighted by Crippen LogP contribution is 2.15. The first-order valence-electron chi connectivity index (χ1n) is 3.27. The fourth-order valence-corrected chi connectivity index (χ4v) is 0.889. The van der Waals surface area contributed by atoms with Crippen LogP contribution in [0.2, 0.25) is 0 Å². The second kappa shape index (κ2) is 3.04. The van der Waals surface area contributed by atoms with Crippen LogP contribution in [-0.2, 0) is 6.54 Å². The molecular weight excluding hydrogens is 138 g/mol. The standard InChI is InChI=1S/C8H9N3/c9-4-6-2-1-3-7(5-10)8(6)11/h1-3H,4,9,11H2. The zero-order valence-corrected chi connectivity index (χ0v) is 6.04. The van der Waals surface area contributed by atoms with Gasteiger partial charge >= 0.3 is 0 Å². The Bertz CT molecular complexity index is 299. The third-order valence-electron chi connectivity index (χ3n) is 1.54. The van der Waals surface area contributed by atoms with E-state index in [9.17, 15) is 0 Å². The molecule has 4 N–H and O–H groups in total. The van der Waals surface area contributed by atoms with Gasteiger partial charge in [0.15, 0.2) is 0 Å². The van der Waals surface area contributed by atoms with E-state index in [1.54, 1.807) is 12.1 Å². The van der Waals surface area contributed by atoms with Crippen molar-refractivity contribution in [3.05, 3.63) is 29.3 Å². The van der Waals surface area contributed by atoms with E-state index in [1.165, 1.54) is 0 Å². The van der Waals surface area contributed by atoms with Crippen molar-refractivity contribution in [1.82, 2.24) is 0 Å². The Kier molecular flexibility index (Phi) is 2.09. The van der Waals surface area contributed by atoms with Gasteiger partial charge in [-0.2, -0.15) is 5.26 Å². The number of anilines is 1. The fourth-order valence-electron chi connectivity index (χ4n) is 0.889. The quantitative estimate of drug-likeness (QED) is 0.571. The molecule has 0 amide bonds. The van der Waals surface area contributed by atoms with Gasteiger partial charge in [0.05, 0.1) is 11.3 Å². The van der Waals surface area contributed by atoms with Crippen LogP contribution in [0.3, 0.4) is 0 Å². The van der Waals surface area contributed by atoms with Gasteiger partial charge in [0.1, 0.15) is 6.07 Å². The van der Waals surface area contributed by atoms with Crippen molar-refractivity contribution in [3.8, 4) is 6.07 Å². The molecule has 0 spiro atoms. The number of rotatable bonds is 1. The average molecular weight is 147 g/mol. The van der Waals surface area contributed by atoms with Gasteiger partial charge in [-0.3, -0.25) is 0 Å². The van der Waals surface area contributed by atoms with Crippen molar-refractivity contribution >= 4 is 5.69 Å². The number of nitrogens with two attached hydrogens (primary N) is 2. The highest BCUT2D eigenvalue weighted by Gasteiger charge is 2.00. The fraction of sp³-hybridized carbons (Fsp3) is 0.125. The summed E-state index contributed by atoms with van der Waals surface area (Å²) in [6, 6.07) is 7.26. The first-order valence-corrected chi connectivity index (χ1v) is 3.27. The Balaban J connectivity index is 3.23. The summed E-state index contributed by atoms with van der Waals surface area (Å²) in [6.45, 7) is 0.376. The summed E-state index contributed by atoms with van der Waals surface area (Å²) in [5, 5.41) is 8.57. The number of hydrogen-bond acceptors (Lipinski definition) is 3. The predicted octanol–water partition coefficient (Wildman–Crippen LogP) is 0.599. The molecule has 56 valence electrons. The monoisotopic (exact) mass is 147 g/mol. The highest BCUT2D eigenvalue weighted by molar-refractivity contribution is 5.58. The normalized spacial score (nSPS) is 9.09. The molecule has 0 radical (unpaired) electrons. The number of benzene rings is 1. The van der Waals surface area contributed by atoms with Crippen LogP contribution in [0.5, 0.6) is 0 Å². The first kappa shape index (κ1) is 7.58. The minimum absolute atomic E-state index is 0.376. The van der Waals surface area contributed by atoms with E-state index in [0.29, 0.717) is 17.8 Å². The molecule has 0 aliphatic heterocycles. The maximum atomic E-state index is 8.57. The molecule has 1 rings (SSSR count). The van der Waals surface area contributed by atoms with Crippen molar-refractivity contribution < 1.29 is 0 Å². The molecule has 0 fully saturated rings. The topological polar surface area (TPSA) is 75.8 Å². The summed E-state index contributed by atoms with van der Waals surface area (Å²) in [5.74, 6) is 0. The van der Waals surface area contributed by atoms with Gasteiger partial charge in [-0.25, -0.2) is 0 Å². The van der Waals surface area contributed by atoms with Crippen LogP contribution in [0.4, 0.5) is 5.69 Å². The number of nitrogen functional groups attached to an aromatic ring is 1. The van der Waals surface area contributed by atoms with Crippen LogP contribution >= 0.6 is 0 Å². The zero-order chi connectivity index (χ0) is 8.27. The van der Waals surface area contributed by atoms with E-state index >= 15 is 0 Å². The molecule has 3 nitrogen and oxygen atoms in total. The second-order valence-corrected chi connectivity index (χ2v) is 2.19. The van der Waals surface area contributed by atoms with Crippen LogP contribution in [0, 0.1) is 11.3 Å². The van der Waals surface area contributed by atoms with Gasteiger partial charge in [0.2, 0.25) is 0 Å². The lowest BCUT2D eigenvalue weighted by molar-refractivity contribution is 1.07. The van der Waals surface area contributed by atoms with Gasteiger partial charge in [0, 0.05) is 6.54 Å². The lowest BCUT2D eigenvalue weighted by Gasteiger charge is -2.02. The van der Waals surface area contributed by atoms with E-state index < -0.39 is 0 Å². The van der Waals surface area contributed by atoms with E-state index in [-0.39, 0.29) is 0 Å². The van der Waals surface area contributed by atoms with Gasteiger partial charge in [-0.1, -0.05) is 12.1 Å². The van der Waals surface area contributed by atoms with Crippen molar-refractivity contribution in [2.45, 2.75) is 6.54 Å². The predicted molar refractivity (Wildman–Crippen MR) is 43.5 cm³/mol. The summed E-state index contributed by atoms with van der Waals surface area (Å²) >= 11 is 0. The summed E-state index contributed by atoms with van der Waals surface area (Å²) in [6.07, 6.45) is 0.